The quantitative estimate of drug-likeness (QED) is 0.632. The van der Waals surface area contributed by atoms with Gasteiger partial charge < -0.3 is 9.64 Å². The molecule has 0 unspecified atom stereocenters. The first-order valence-corrected chi connectivity index (χ1v) is 13.0. The fraction of sp³-hybridized carbons (Fsp3) is 0.480. The second kappa shape index (κ2) is 10.0. The monoisotopic (exact) mass is 456 g/mol. The predicted octanol–water partition coefficient (Wildman–Crippen LogP) is 3.99. The second-order valence-electron chi connectivity index (χ2n) is 8.58. The fourth-order valence-electron chi connectivity index (χ4n) is 4.73. The van der Waals surface area contributed by atoms with Gasteiger partial charge in [-0.05, 0) is 61.6 Å². The lowest BCUT2D eigenvalue weighted by molar-refractivity contribution is -0.132. The third-order valence-corrected chi connectivity index (χ3v) is 8.41. The third kappa shape index (κ3) is 4.99. The molecule has 172 valence electrons. The Balaban J connectivity index is 1.56. The molecule has 0 saturated heterocycles. The van der Waals surface area contributed by atoms with E-state index >= 15 is 0 Å². The number of carbonyl (C=O) groups is 1. The topological polar surface area (TPSA) is 66.9 Å². The van der Waals surface area contributed by atoms with Crippen molar-refractivity contribution in [3.63, 3.8) is 0 Å². The maximum atomic E-state index is 13.6. The third-order valence-electron chi connectivity index (χ3n) is 6.50. The molecule has 0 N–H and O–H groups in total. The summed E-state index contributed by atoms with van der Waals surface area (Å²) < 4.78 is 34.2. The van der Waals surface area contributed by atoms with Crippen LogP contribution in [0.1, 0.15) is 50.2 Å². The number of sulfonamides is 1. The molecule has 4 rings (SSSR count). The molecule has 1 heterocycles. The molecular weight excluding hydrogens is 424 g/mol. The van der Waals surface area contributed by atoms with Gasteiger partial charge >= 0.3 is 0 Å². The van der Waals surface area contributed by atoms with Crippen LogP contribution in [0.5, 0.6) is 5.75 Å². The average molecular weight is 457 g/mol. The molecule has 0 atom stereocenters. The Hall–Kier alpha value is -2.38. The largest absolute Gasteiger partial charge is 0.494 e. The minimum absolute atomic E-state index is 0.109. The van der Waals surface area contributed by atoms with Crippen LogP contribution in [-0.2, 0) is 27.8 Å². The summed E-state index contributed by atoms with van der Waals surface area (Å²) in [7, 11) is -3.80. The summed E-state index contributed by atoms with van der Waals surface area (Å²) in [5.74, 6) is 0.512. The highest BCUT2D eigenvalue weighted by atomic mass is 32.2. The lowest BCUT2D eigenvalue weighted by Gasteiger charge is -2.35. The molecule has 7 heteroatoms. The minimum atomic E-state index is -3.80. The Bertz CT molecular complexity index is 1030. The normalized spacial score (nSPS) is 17.2. The van der Waals surface area contributed by atoms with Crippen molar-refractivity contribution < 1.29 is 17.9 Å². The number of hydrogen-bond donors (Lipinski definition) is 0. The molecule has 1 fully saturated rings. The van der Waals surface area contributed by atoms with Gasteiger partial charge in [-0.3, -0.25) is 4.79 Å². The molecule has 6 nitrogen and oxygen atoms in total. The van der Waals surface area contributed by atoms with Crippen molar-refractivity contribution in [3.8, 4) is 5.75 Å². The first kappa shape index (κ1) is 22.8. The highest BCUT2D eigenvalue weighted by Gasteiger charge is 2.35. The Morgan fingerprint density at radius 2 is 1.72 bits per heavy atom. The van der Waals surface area contributed by atoms with Gasteiger partial charge in [-0.25, -0.2) is 8.42 Å². The number of benzene rings is 2. The first-order valence-electron chi connectivity index (χ1n) is 11.6. The smallest absolute Gasteiger partial charge is 0.243 e. The van der Waals surface area contributed by atoms with Crippen LogP contribution in [0.2, 0.25) is 0 Å². The maximum absolute atomic E-state index is 13.6. The molecule has 0 aromatic heterocycles. The van der Waals surface area contributed by atoms with E-state index in [0.29, 0.717) is 25.4 Å². The van der Waals surface area contributed by atoms with E-state index in [1.54, 1.807) is 29.2 Å². The number of amides is 1. The Morgan fingerprint density at radius 3 is 2.41 bits per heavy atom. The molecule has 0 spiro atoms. The SMILES string of the molecule is CCOc1ccc(S(=O)(=O)N(CC(=O)N2CCc3ccccc3C2)C2CCCCC2)cc1. The van der Waals surface area contributed by atoms with Gasteiger partial charge in [-0.1, -0.05) is 43.5 Å². The van der Waals surface area contributed by atoms with Gasteiger partial charge in [-0.2, -0.15) is 4.31 Å². The number of fused-ring (bicyclic) bond motifs is 1. The van der Waals surface area contributed by atoms with E-state index in [1.807, 2.05) is 25.1 Å². The van der Waals surface area contributed by atoms with Gasteiger partial charge in [0, 0.05) is 19.1 Å². The molecule has 2 aliphatic rings. The molecule has 2 aromatic carbocycles. The van der Waals surface area contributed by atoms with E-state index in [-0.39, 0.29) is 23.4 Å². The van der Waals surface area contributed by atoms with Gasteiger partial charge in [0.25, 0.3) is 0 Å². The Labute approximate surface area is 191 Å². The minimum Gasteiger partial charge on any atom is -0.494 e. The van der Waals surface area contributed by atoms with Crippen molar-refractivity contribution in [2.24, 2.45) is 0 Å². The van der Waals surface area contributed by atoms with Crippen molar-refractivity contribution in [1.29, 1.82) is 0 Å². The first-order chi connectivity index (χ1) is 15.5. The van der Waals surface area contributed by atoms with E-state index < -0.39 is 10.0 Å². The van der Waals surface area contributed by atoms with E-state index in [4.69, 9.17) is 4.74 Å². The Morgan fingerprint density at radius 1 is 1.03 bits per heavy atom. The van der Waals surface area contributed by atoms with Crippen LogP contribution in [0.25, 0.3) is 0 Å². The number of nitrogens with zero attached hydrogens (tertiary/aromatic N) is 2. The number of carbonyl (C=O) groups excluding carboxylic acids is 1. The zero-order valence-electron chi connectivity index (χ0n) is 18.7. The van der Waals surface area contributed by atoms with Gasteiger partial charge in [0.15, 0.2) is 0 Å². The predicted molar refractivity (Wildman–Crippen MR) is 124 cm³/mol. The molecule has 0 radical (unpaired) electrons. The fourth-order valence-corrected chi connectivity index (χ4v) is 6.37. The van der Waals surface area contributed by atoms with Gasteiger partial charge in [0.2, 0.25) is 15.9 Å². The van der Waals surface area contributed by atoms with Crippen molar-refractivity contribution in [1.82, 2.24) is 9.21 Å². The zero-order valence-corrected chi connectivity index (χ0v) is 19.5. The van der Waals surface area contributed by atoms with E-state index in [0.717, 1.165) is 44.1 Å². The van der Waals surface area contributed by atoms with Crippen molar-refractivity contribution in [2.45, 2.75) is 62.9 Å². The summed E-state index contributed by atoms with van der Waals surface area (Å²) >= 11 is 0. The van der Waals surface area contributed by atoms with Crippen LogP contribution in [0.3, 0.4) is 0 Å². The number of hydrogen-bond acceptors (Lipinski definition) is 4. The van der Waals surface area contributed by atoms with E-state index in [2.05, 4.69) is 6.07 Å². The summed E-state index contributed by atoms with van der Waals surface area (Å²) in [6, 6.07) is 14.5. The lowest BCUT2D eigenvalue weighted by atomic mass is 9.95. The van der Waals surface area contributed by atoms with Crippen molar-refractivity contribution >= 4 is 15.9 Å². The standard InChI is InChI=1S/C25H32N2O4S/c1-2-31-23-12-14-24(15-13-23)32(29,30)27(22-10-4-3-5-11-22)19-25(28)26-17-16-20-8-6-7-9-21(20)18-26/h6-9,12-15,22H,2-5,10-11,16-19H2,1H3. The van der Waals surface area contributed by atoms with Gasteiger partial charge in [0.05, 0.1) is 18.0 Å². The van der Waals surface area contributed by atoms with Crippen LogP contribution in [0.15, 0.2) is 53.4 Å². The summed E-state index contributed by atoms with van der Waals surface area (Å²) in [4.78, 5) is 15.3. The average Bonchev–Trinajstić information content (AvgIpc) is 2.83. The summed E-state index contributed by atoms with van der Waals surface area (Å²) in [5, 5.41) is 0. The van der Waals surface area contributed by atoms with Crippen molar-refractivity contribution in [2.75, 3.05) is 19.7 Å². The Kier molecular flexibility index (Phi) is 7.16. The lowest BCUT2D eigenvalue weighted by Crippen LogP contribution is -2.48. The zero-order chi connectivity index (χ0) is 22.6. The van der Waals surface area contributed by atoms with Crippen LogP contribution in [-0.4, -0.2) is 49.3 Å². The number of rotatable bonds is 7. The highest BCUT2D eigenvalue weighted by molar-refractivity contribution is 7.89. The summed E-state index contributed by atoms with van der Waals surface area (Å²) in [6.45, 7) is 3.46. The van der Waals surface area contributed by atoms with Crippen molar-refractivity contribution in [3.05, 3.63) is 59.7 Å². The highest BCUT2D eigenvalue weighted by Crippen LogP contribution is 2.29. The summed E-state index contributed by atoms with van der Waals surface area (Å²) in [6.07, 6.45) is 5.50. The molecular formula is C25H32N2O4S. The van der Waals surface area contributed by atoms with Crippen LogP contribution in [0, 0.1) is 0 Å². The molecule has 2 aromatic rings. The molecule has 1 amide bonds. The van der Waals surface area contributed by atoms with E-state index in [9.17, 15) is 13.2 Å². The van der Waals surface area contributed by atoms with Crippen LogP contribution >= 0.6 is 0 Å². The number of ether oxygens (including phenoxy) is 1. The van der Waals surface area contributed by atoms with E-state index in [1.165, 1.54) is 9.87 Å². The second-order valence-corrected chi connectivity index (χ2v) is 10.5. The van der Waals surface area contributed by atoms with Crippen LogP contribution < -0.4 is 4.74 Å². The molecule has 1 saturated carbocycles. The van der Waals surface area contributed by atoms with Gasteiger partial charge in [-0.15, -0.1) is 0 Å². The molecule has 0 bridgehead atoms. The van der Waals surface area contributed by atoms with Gasteiger partial charge in [0.1, 0.15) is 5.75 Å². The van der Waals surface area contributed by atoms with Crippen LogP contribution in [0.4, 0.5) is 0 Å². The molecule has 32 heavy (non-hydrogen) atoms. The summed E-state index contributed by atoms with van der Waals surface area (Å²) in [5.41, 5.74) is 2.41. The maximum Gasteiger partial charge on any atom is 0.243 e. The molecule has 1 aliphatic heterocycles. The molecule has 1 aliphatic carbocycles.